The normalized spacial score (nSPS) is 23.2. The van der Waals surface area contributed by atoms with E-state index in [-0.39, 0.29) is 0 Å². The molecule has 3 rings (SSSR count). The molecule has 0 amide bonds. The van der Waals surface area contributed by atoms with Crippen LogP contribution in [0.3, 0.4) is 0 Å². The van der Waals surface area contributed by atoms with Crippen molar-refractivity contribution in [3.63, 3.8) is 0 Å². The third-order valence-corrected chi connectivity index (χ3v) is 3.64. The monoisotopic (exact) mass is 245 g/mol. The Morgan fingerprint density at radius 2 is 2.17 bits per heavy atom. The first-order valence-corrected chi connectivity index (χ1v) is 6.67. The van der Waals surface area contributed by atoms with Crippen LogP contribution in [0.2, 0.25) is 0 Å². The van der Waals surface area contributed by atoms with Gasteiger partial charge < -0.3 is 14.5 Å². The van der Waals surface area contributed by atoms with Crippen LogP contribution in [0.1, 0.15) is 25.3 Å². The van der Waals surface area contributed by atoms with Gasteiger partial charge in [-0.05, 0) is 25.8 Å². The highest BCUT2D eigenvalue weighted by molar-refractivity contribution is 5.80. The summed E-state index contributed by atoms with van der Waals surface area (Å²) in [5.74, 6) is 0. The van der Waals surface area contributed by atoms with Gasteiger partial charge in [-0.3, -0.25) is 0 Å². The second-order valence-electron chi connectivity index (χ2n) is 4.88. The van der Waals surface area contributed by atoms with Crippen molar-refractivity contribution in [3.05, 3.63) is 36.1 Å². The van der Waals surface area contributed by atoms with Crippen LogP contribution >= 0.6 is 0 Å². The molecule has 1 N–H and O–H groups in total. The van der Waals surface area contributed by atoms with Gasteiger partial charge in [-0.1, -0.05) is 18.2 Å². The van der Waals surface area contributed by atoms with Gasteiger partial charge in [0.05, 0.1) is 12.4 Å². The van der Waals surface area contributed by atoms with Crippen molar-refractivity contribution >= 4 is 11.0 Å². The summed E-state index contributed by atoms with van der Waals surface area (Å²) in [5.41, 5.74) is 2.21. The molecule has 0 spiro atoms. The fraction of sp³-hybridized carbons (Fsp3) is 0.467. The Balaban J connectivity index is 1.55. The van der Waals surface area contributed by atoms with E-state index in [0.29, 0.717) is 12.1 Å². The summed E-state index contributed by atoms with van der Waals surface area (Å²) in [6, 6.07) is 8.76. The molecule has 1 saturated carbocycles. The van der Waals surface area contributed by atoms with Crippen molar-refractivity contribution in [2.75, 3.05) is 6.61 Å². The third kappa shape index (κ3) is 2.28. The van der Waals surface area contributed by atoms with Gasteiger partial charge in [0.25, 0.3) is 0 Å². The van der Waals surface area contributed by atoms with Crippen LogP contribution in [0.15, 0.2) is 34.9 Å². The first kappa shape index (κ1) is 11.8. The van der Waals surface area contributed by atoms with E-state index in [4.69, 9.17) is 9.15 Å². The highest BCUT2D eigenvalue weighted by Gasteiger charge is 2.28. The summed E-state index contributed by atoms with van der Waals surface area (Å²) in [6.07, 6.45) is 4.58. The number of rotatable bonds is 5. The molecule has 1 heterocycles. The molecule has 0 saturated heterocycles. The average Bonchev–Trinajstić information content (AvgIpc) is 2.75. The lowest BCUT2D eigenvalue weighted by molar-refractivity contribution is -0.0102. The van der Waals surface area contributed by atoms with Crippen molar-refractivity contribution < 1.29 is 9.15 Å². The number of para-hydroxylation sites is 1. The van der Waals surface area contributed by atoms with Crippen LogP contribution < -0.4 is 5.32 Å². The zero-order valence-electron chi connectivity index (χ0n) is 10.7. The van der Waals surface area contributed by atoms with E-state index in [1.165, 1.54) is 10.9 Å². The lowest BCUT2D eigenvalue weighted by Crippen LogP contribution is -2.45. The minimum absolute atomic E-state index is 0.466. The summed E-state index contributed by atoms with van der Waals surface area (Å²) in [7, 11) is 0. The van der Waals surface area contributed by atoms with E-state index < -0.39 is 0 Å². The molecule has 0 aliphatic heterocycles. The number of ether oxygens (including phenoxy) is 1. The SMILES string of the molecule is CCOC1CC(NCc2coc3ccccc23)C1. The number of nitrogens with one attached hydrogen (secondary N) is 1. The van der Waals surface area contributed by atoms with Crippen LogP contribution in [0.5, 0.6) is 0 Å². The molecule has 1 aliphatic rings. The summed E-state index contributed by atoms with van der Waals surface area (Å²) in [5, 5.41) is 4.78. The molecular formula is C15H19NO2. The molecule has 3 heteroatoms. The lowest BCUT2D eigenvalue weighted by Gasteiger charge is -2.35. The summed E-state index contributed by atoms with van der Waals surface area (Å²) in [6.45, 7) is 3.75. The van der Waals surface area contributed by atoms with Gasteiger partial charge in [-0.15, -0.1) is 0 Å². The molecule has 0 atom stereocenters. The van der Waals surface area contributed by atoms with E-state index in [2.05, 4.69) is 24.4 Å². The molecular weight excluding hydrogens is 226 g/mol. The zero-order chi connectivity index (χ0) is 12.4. The van der Waals surface area contributed by atoms with Crippen molar-refractivity contribution in [1.29, 1.82) is 0 Å². The van der Waals surface area contributed by atoms with Gasteiger partial charge in [-0.2, -0.15) is 0 Å². The highest BCUT2D eigenvalue weighted by atomic mass is 16.5. The largest absolute Gasteiger partial charge is 0.464 e. The van der Waals surface area contributed by atoms with Gasteiger partial charge in [0.1, 0.15) is 5.58 Å². The molecule has 1 aromatic carbocycles. The average molecular weight is 245 g/mol. The predicted molar refractivity (Wildman–Crippen MR) is 71.5 cm³/mol. The maximum absolute atomic E-state index is 5.56. The van der Waals surface area contributed by atoms with Crippen LogP contribution in [0.4, 0.5) is 0 Å². The molecule has 1 fully saturated rings. The Bertz CT molecular complexity index is 514. The molecule has 0 unspecified atom stereocenters. The number of fused-ring (bicyclic) bond motifs is 1. The fourth-order valence-electron chi connectivity index (χ4n) is 2.53. The Hall–Kier alpha value is -1.32. The lowest BCUT2D eigenvalue weighted by atomic mass is 9.89. The number of furan rings is 1. The maximum atomic E-state index is 5.56. The van der Waals surface area contributed by atoms with Gasteiger partial charge in [-0.25, -0.2) is 0 Å². The summed E-state index contributed by atoms with van der Waals surface area (Å²) in [4.78, 5) is 0. The molecule has 2 aromatic rings. The number of benzene rings is 1. The van der Waals surface area contributed by atoms with Crippen molar-refractivity contribution in [2.45, 2.75) is 38.5 Å². The van der Waals surface area contributed by atoms with Crippen molar-refractivity contribution in [3.8, 4) is 0 Å². The second-order valence-corrected chi connectivity index (χ2v) is 4.88. The van der Waals surface area contributed by atoms with Crippen molar-refractivity contribution in [2.24, 2.45) is 0 Å². The van der Waals surface area contributed by atoms with Gasteiger partial charge in [0, 0.05) is 30.1 Å². The third-order valence-electron chi connectivity index (χ3n) is 3.64. The summed E-state index contributed by atoms with van der Waals surface area (Å²) >= 11 is 0. The van der Waals surface area contributed by atoms with Crippen LogP contribution in [0, 0.1) is 0 Å². The Morgan fingerprint density at radius 1 is 1.33 bits per heavy atom. The van der Waals surface area contributed by atoms with Crippen LogP contribution in [0.25, 0.3) is 11.0 Å². The molecule has 0 radical (unpaired) electrons. The Labute approximate surface area is 107 Å². The van der Waals surface area contributed by atoms with Gasteiger partial charge in [0.15, 0.2) is 0 Å². The van der Waals surface area contributed by atoms with E-state index in [1.807, 2.05) is 18.4 Å². The minimum Gasteiger partial charge on any atom is -0.464 e. The number of hydrogen-bond donors (Lipinski definition) is 1. The van der Waals surface area contributed by atoms with E-state index >= 15 is 0 Å². The smallest absolute Gasteiger partial charge is 0.134 e. The van der Waals surface area contributed by atoms with E-state index in [0.717, 1.165) is 31.6 Å². The van der Waals surface area contributed by atoms with Crippen LogP contribution in [-0.4, -0.2) is 18.8 Å². The Morgan fingerprint density at radius 3 is 3.00 bits per heavy atom. The first-order chi connectivity index (χ1) is 8.86. The predicted octanol–water partition coefficient (Wildman–Crippen LogP) is 3.09. The van der Waals surface area contributed by atoms with Gasteiger partial charge in [0.2, 0.25) is 0 Å². The summed E-state index contributed by atoms with van der Waals surface area (Å²) < 4.78 is 11.1. The standard InChI is InChI=1S/C15H19NO2/c1-2-17-13-7-12(8-13)16-9-11-10-18-15-6-4-3-5-14(11)15/h3-6,10,12-13,16H,2,7-9H2,1H3. The number of hydrogen-bond acceptors (Lipinski definition) is 3. The van der Waals surface area contributed by atoms with Gasteiger partial charge >= 0.3 is 0 Å². The first-order valence-electron chi connectivity index (χ1n) is 6.67. The zero-order valence-corrected chi connectivity index (χ0v) is 10.7. The molecule has 3 nitrogen and oxygen atoms in total. The fourth-order valence-corrected chi connectivity index (χ4v) is 2.53. The molecule has 96 valence electrons. The second kappa shape index (κ2) is 5.12. The quantitative estimate of drug-likeness (QED) is 0.879. The van der Waals surface area contributed by atoms with Crippen molar-refractivity contribution in [1.82, 2.24) is 5.32 Å². The van der Waals surface area contributed by atoms with E-state index in [1.54, 1.807) is 0 Å². The topological polar surface area (TPSA) is 34.4 Å². The molecule has 18 heavy (non-hydrogen) atoms. The highest BCUT2D eigenvalue weighted by Crippen LogP contribution is 2.25. The molecule has 1 aliphatic carbocycles. The van der Waals surface area contributed by atoms with Crippen LogP contribution in [-0.2, 0) is 11.3 Å². The maximum Gasteiger partial charge on any atom is 0.134 e. The van der Waals surface area contributed by atoms with E-state index in [9.17, 15) is 0 Å². The molecule has 0 bridgehead atoms. The molecule has 1 aromatic heterocycles. The minimum atomic E-state index is 0.466. The Kier molecular flexibility index (Phi) is 3.35.